The molecule has 1 aromatic heterocycles. The highest BCUT2D eigenvalue weighted by molar-refractivity contribution is 7.05. The SMILES string of the molecule is CCOc1ccc(C(NN)c2snnc2CC)cc1. The Bertz CT molecular complexity index is 512. The van der Waals surface area contributed by atoms with Gasteiger partial charge in [0.05, 0.1) is 23.2 Å². The van der Waals surface area contributed by atoms with Crippen LogP contribution in [0.4, 0.5) is 0 Å². The summed E-state index contributed by atoms with van der Waals surface area (Å²) in [5.74, 6) is 6.55. The van der Waals surface area contributed by atoms with Crippen LogP contribution in [0.1, 0.15) is 36.0 Å². The molecule has 2 rings (SSSR count). The second-order valence-electron chi connectivity index (χ2n) is 4.04. The number of rotatable bonds is 6. The molecule has 1 aromatic carbocycles. The topological polar surface area (TPSA) is 73.1 Å². The van der Waals surface area contributed by atoms with Crippen LogP contribution in [-0.4, -0.2) is 16.2 Å². The molecular formula is C13H18N4OS. The lowest BCUT2D eigenvalue weighted by atomic mass is 10.0. The van der Waals surface area contributed by atoms with Crippen molar-refractivity contribution in [3.05, 3.63) is 40.4 Å². The monoisotopic (exact) mass is 278 g/mol. The molecule has 0 fully saturated rings. The predicted octanol–water partition coefficient (Wildman–Crippen LogP) is 2.05. The molecule has 0 radical (unpaired) electrons. The van der Waals surface area contributed by atoms with Gasteiger partial charge in [-0.1, -0.05) is 23.5 Å². The van der Waals surface area contributed by atoms with Gasteiger partial charge in [0.2, 0.25) is 0 Å². The van der Waals surface area contributed by atoms with E-state index in [4.69, 9.17) is 10.6 Å². The van der Waals surface area contributed by atoms with Crippen LogP contribution >= 0.6 is 11.5 Å². The van der Waals surface area contributed by atoms with Gasteiger partial charge >= 0.3 is 0 Å². The molecule has 0 aliphatic rings. The summed E-state index contributed by atoms with van der Waals surface area (Å²) in [4.78, 5) is 1.06. The van der Waals surface area contributed by atoms with E-state index in [0.29, 0.717) is 6.61 Å². The van der Waals surface area contributed by atoms with Crippen LogP contribution in [0.15, 0.2) is 24.3 Å². The molecule has 1 unspecified atom stereocenters. The third-order valence-corrected chi connectivity index (χ3v) is 3.70. The van der Waals surface area contributed by atoms with Gasteiger partial charge in [0, 0.05) is 0 Å². The second kappa shape index (κ2) is 6.60. The fourth-order valence-electron chi connectivity index (χ4n) is 1.93. The highest BCUT2D eigenvalue weighted by atomic mass is 32.1. The summed E-state index contributed by atoms with van der Waals surface area (Å²) in [6.07, 6.45) is 0.848. The van der Waals surface area contributed by atoms with Crippen LogP contribution in [0.3, 0.4) is 0 Å². The maximum Gasteiger partial charge on any atom is 0.119 e. The van der Waals surface area contributed by atoms with Crippen molar-refractivity contribution >= 4 is 11.5 Å². The van der Waals surface area contributed by atoms with Crippen molar-refractivity contribution in [2.75, 3.05) is 6.61 Å². The molecule has 0 saturated heterocycles. The average Bonchev–Trinajstić information content (AvgIpc) is 2.90. The van der Waals surface area contributed by atoms with E-state index in [9.17, 15) is 0 Å². The molecule has 3 N–H and O–H groups in total. The molecule has 2 aromatic rings. The minimum Gasteiger partial charge on any atom is -0.494 e. The number of benzene rings is 1. The maximum atomic E-state index is 5.69. The van der Waals surface area contributed by atoms with Crippen LogP contribution < -0.4 is 16.0 Å². The van der Waals surface area contributed by atoms with E-state index in [2.05, 4.69) is 21.9 Å². The molecule has 5 nitrogen and oxygen atoms in total. The molecule has 1 atom stereocenters. The number of nitrogens with two attached hydrogens (primary N) is 1. The number of aromatic nitrogens is 2. The van der Waals surface area contributed by atoms with Crippen molar-refractivity contribution in [3.8, 4) is 5.75 Å². The molecular weight excluding hydrogens is 260 g/mol. The quantitative estimate of drug-likeness (QED) is 0.625. The number of ether oxygens (including phenoxy) is 1. The van der Waals surface area contributed by atoms with Crippen LogP contribution in [0.5, 0.6) is 5.75 Å². The Morgan fingerprint density at radius 2 is 2.05 bits per heavy atom. The average molecular weight is 278 g/mol. The summed E-state index contributed by atoms with van der Waals surface area (Å²) >= 11 is 1.38. The molecule has 19 heavy (non-hydrogen) atoms. The summed E-state index contributed by atoms with van der Waals surface area (Å²) in [6, 6.07) is 7.83. The normalized spacial score (nSPS) is 12.4. The highest BCUT2D eigenvalue weighted by Gasteiger charge is 2.19. The fourth-order valence-corrected chi connectivity index (χ4v) is 2.75. The summed E-state index contributed by atoms with van der Waals surface area (Å²) < 4.78 is 9.44. The van der Waals surface area contributed by atoms with Gasteiger partial charge < -0.3 is 4.74 Å². The zero-order chi connectivity index (χ0) is 13.7. The zero-order valence-corrected chi connectivity index (χ0v) is 11.9. The number of hydrogen-bond donors (Lipinski definition) is 2. The minimum absolute atomic E-state index is 0.0781. The molecule has 0 bridgehead atoms. The van der Waals surface area contributed by atoms with Crippen LogP contribution in [0.2, 0.25) is 0 Å². The fraction of sp³-hybridized carbons (Fsp3) is 0.385. The first kappa shape index (κ1) is 13.9. The molecule has 0 saturated carbocycles. The Morgan fingerprint density at radius 3 is 2.63 bits per heavy atom. The van der Waals surface area contributed by atoms with E-state index < -0.39 is 0 Å². The Labute approximate surface area is 116 Å². The van der Waals surface area contributed by atoms with Crippen molar-refractivity contribution in [2.24, 2.45) is 5.84 Å². The van der Waals surface area contributed by atoms with Gasteiger partial charge in [0.1, 0.15) is 5.75 Å². The van der Waals surface area contributed by atoms with E-state index in [1.54, 1.807) is 0 Å². The van der Waals surface area contributed by atoms with E-state index in [1.165, 1.54) is 11.5 Å². The molecule has 0 spiro atoms. The predicted molar refractivity (Wildman–Crippen MR) is 76.1 cm³/mol. The minimum atomic E-state index is -0.0781. The van der Waals surface area contributed by atoms with Crippen LogP contribution in [0.25, 0.3) is 0 Å². The first-order valence-corrected chi connectivity index (χ1v) is 7.07. The van der Waals surface area contributed by atoms with E-state index in [-0.39, 0.29) is 6.04 Å². The Balaban J connectivity index is 2.26. The van der Waals surface area contributed by atoms with E-state index >= 15 is 0 Å². The first-order chi connectivity index (χ1) is 9.30. The number of nitrogens with one attached hydrogen (secondary N) is 1. The second-order valence-corrected chi connectivity index (χ2v) is 4.82. The van der Waals surface area contributed by atoms with Crippen molar-refractivity contribution in [3.63, 3.8) is 0 Å². The van der Waals surface area contributed by atoms with Gasteiger partial charge in [-0.15, -0.1) is 5.10 Å². The molecule has 1 heterocycles. The number of nitrogens with zero attached hydrogens (tertiary/aromatic N) is 2. The summed E-state index contributed by atoms with van der Waals surface area (Å²) in [7, 11) is 0. The first-order valence-electron chi connectivity index (χ1n) is 6.30. The van der Waals surface area contributed by atoms with Crippen molar-refractivity contribution in [1.29, 1.82) is 0 Å². The van der Waals surface area contributed by atoms with Gasteiger partial charge in [-0.2, -0.15) is 0 Å². The lowest BCUT2D eigenvalue weighted by Gasteiger charge is -2.15. The van der Waals surface area contributed by atoms with Crippen LogP contribution in [-0.2, 0) is 6.42 Å². The zero-order valence-electron chi connectivity index (χ0n) is 11.1. The largest absolute Gasteiger partial charge is 0.494 e. The van der Waals surface area contributed by atoms with Gasteiger partial charge in [-0.05, 0) is 42.6 Å². The van der Waals surface area contributed by atoms with Gasteiger partial charge in [0.25, 0.3) is 0 Å². The van der Waals surface area contributed by atoms with Gasteiger partial charge in [-0.25, -0.2) is 5.43 Å². The molecule has 0 aliphatic heterocycles. The van der Waals surface area contributed by atoms with Gasteiger partial charge in [0.15, 0.2) is 0 Å². The van der Waals surface area contributed by atoms with Crippen LogP contribution in [0, 0.1) is 0 Å². The standard InChI is InChI=1S/C13H18N4OS/c1-3-11-13(19-17-16-11)12(15-14)9-5-7-10(8-6-9)18-4-2/h5-8,12,15H,3-4,14H2,1-2H3. The van der Waals surface area contributed by atoms with Crippen molar-refractivity contribution < 1.29 is 4.74 Å². The van der Waals surface area contributed by atoms with E-state index in [0.717, 1.165) is 28.3 Å². The van der Waals surface area contributed by atoms with Gasteiger partial charge in [-0.3, -0.25) is 5.84 Å². The third-order valence-electron chi connectivity index (χ3n) is 2.87. The summed E-state index contributed by atoms with van der Waals surface area (Å²) in [5.41, 5.74) is 4.90. The Hall–Kier alpha value is -1.50. The molecule has 102 valence electrons. The highest BCUT2D eigenvalue weighted by Crippen LogP contribution is 2.27. The Morgan fingerprint density at radius 1 is 1.32 bits per heavy atom. The third kappa shape index (κ3) is 3.09. The number of aryl methyl sites for hydroxylation is 1. The van der Waals surface area contributed by atoms with Crippen molar-refractivity contribution in [2.45, 2.75) is 26.3 Å². The number of hydrogen-bond acceptors (Lipinski definition) is 6. The lowest BCUT2D eigenvalue weighted by molar-refractivity contribution is 0.340. The summed E-state index contributed by atoms with van der Waals surface area (Å²) in [5, 5.41) is 4.12. The maximum absolute atomic E-state index is 5.69. The molecule has 0 aliphatic carbocycles. The summed E-state index contributed by atoms with van der Waals surface area (Å²) in [6.45, 7) is 4.69. The molecule has 6 heteroatoms. The smallest absolute Gasteiger partial charge is 0.119 e. The molecule has 0 amide bonds. The number of hydrazine groups is 1. The van der Waals surface area contributed by atoms with E-state index in [1.807, 2.05) is 31.2 Å². The van der Waals surface area contributed by atoms with Crippen molar-refractivity contribution in [1.82, 2.24) is 15.0 Å². The lowest BCUT2D eigenvalue weighted by Crippen LogP contribution is -2.28. The Kier molecular flexibility index (Phi) is 4.84.